The first kappa shape index (κ1) is 6.70. The maximum atomic E-state index is 8.91. The molecule has 1 rings (SSSR count). The second-order valence-corrected chi connectivity index (χ2v) is 1.78. The third-order valence-corrected chi connectivity index (χ3v) is 1.13. The largest absolute Gasteiger partial charge is 0.506 e. The summed E-state index contributed by atoms with van der Waals surface area (Å²) in [6.07, 6.45) is 0. The van der Waals surface area contributed by atoms with Crippen LogP contribution in [0, 0.1) is 0 Å². The quantitative estimate of drug-likeness (QED) is 0.346. The van der Waals surface area contributed by atoms with E-state index in [0.29, 0.717) is 0 Å². The zero-order valence-electron chi connectivity index (χ0n) is 5.07. The molecule has 0 radical (unpaired) electrons. The molecule has 0 saturated heterocycles. The first-order valence-electron chi connectivity index (χ1n) is 2.66. The summed E-state index contributed by atoms with van der Waals surface area (Å²) in [7, 11) is 0. The summed E-state index contributed by atoms with van der Waals surface area (Å²) in [5, 5.41) is 26.1. The predicted molar refractivity (Wildman–Crippen MR) is 35.2 cm³/mol. The molecule has 4 heteroatoms. The fourth-order valence-electron chi connectivity index (χ4n) is 0.643. The molecular weight excluding hydrogens is 134 g/mol. The monoisotopic (exact) mass is 141 g/mol. The molecule has 4 nitrogen and oxygen atoms in total. The molecule has 0 saturated carbocycles. The Kier molecular flexibility index (Phi) is 1.64. The molecule has 10 heavy (non-hydrogen) atoms. The standard InChI is InChI=1S/C6H7NO3/c8-4-2-1-3-5(9)6(4)7-10/h1-3,7-10H. The Balaban J connectivity index is 3.17. The zero-order chi connectivity index (χ0) is 7.56. The molecule has 1 aromatic carbocycles. The summed E-state index contributed by atoms with van der Waals surface area (Å²) in [6.45, 7) is 0. The van der Waals surface area contributed by atoms with Gasteiger partial charge in [-0.2, -0.15) is 0 Å². The lowest BCUT2D eigenvalue weighted by molar-refractivity contribution is 0.372. The Bertz CT molecular complexity index is 216. The first-order chi connectivity index (χ1) is 4.75. The van der Waals surface area contributed by atoms with Crippen LogP contribution in [0.1, 0.15) is 0 Å². The van der Waals surface area contributed by atoms with Gasteiger partial charge in [0.25, 0.3) is 0 Å². The minimum absolute atomic E-state index is 0.0810. The molecule has 4 N–H and O–H groups in total. The minimum atomic E-state index is -0.192. The van der Waals surface area contributed by atoms with Crippen molar-refractivity contribution in [2.45, 2.75) is 0 Å². The average molecular weight is 141 g/mol. The molecule has 1 aromatic rings. The number of rotatable bonds is 1. The fourth-order valence-corrected chi connectivity index (χ4v) is 0.643. The highest BCUT2D eigenvalue weighted by atomic mass is 16.5. The lowest BCUT2D eigenvalue weighted by atomic mass is 10.3. The van der Waals surface area contributed by atoms with Crippen LogP contribution in [0.3, 0.4) is 0 Å². The molecule has 0 amide bonds. The topological polar surface area (TPSA) is 72.7 Å². The van der Waals surface area contributed by atoms with Gasteiger partial charge in [0, 0.05) is 0 Å². The smallest absolute Gasteiger partial charge is 0.144 e. The van der Waals surface area contributed by atoms with Gasteiger partial charge in [-0.25, -0.2) is 0 Å². The van der Waals surface area contributed by atoms with Crippen molar-refractivity contribution in [2.24, 2.45) is 0 Å². The van der Waals surface area contributed by atoms with E-state index < -0.39 is 0 Å². The number of hydrogen-bond donors (Lipinski definition) is 4. The van der Waals surface area contributed by atoms with Gasteiger partial charge in [0.1, 0.15) is 17.2 Å². The number of aromatic hydroxyl groups is 2. The summed E-state index contributed by atoms with van der Waals surface area (Å²) in [5.41, 5.74) is 1.58. The van der Waals surface area contributed by atoms with Gasteiger partial charge >= 0.3 is 0 Å². The first-order valence-corrected chi connectivity index (χ1v) is 2.66. The molecule has 0 bridgehead atoms. The molecule has 0 atom stereocenters. The van der Waals surface area contributed by atoms with Crippen LogP contribution in [0.25, 0.3) is 0 Å². The molecule has 0 spiro atoms. The van der Waals surface area contributed by atoms with E-state index in [2.05, 4.69) is 0 Å². The third kappa shape index (κ3) is 0.964. The van der Waals surface area contributed by atoms with Crippen LogP contribution < -0.4 is 5.48 Å². The van der Waals surface area contributed by atoms with Crippen molar-refractivity contribution >= 4 is 5.69 Å². The van der Waals surface area contributed by atoms with E-state index in [0.717, 1.165) is 0 Å². The second kappa shape index (κ2) is 2.45. The predicted octanol–water partition coefficient (Wildman–Crippen LogP) is 0.899. The highest BCUT2D eigenvalue weighted by molar-refractivity contribution is 5.63. The van der Waals surface area contributed by atoms with Crippen molar-refractivity contribution in [1.29, 1.82) is 0 Å². The summed E-state index contributed by atoms with van der Waals surface area (Å²) >= 11 is 0. The Hall–Kier alpha value is -1.42. The van der Waals surface area contributed by atoms with Crippen LogP contribution in [-0.2, 0) is 0 Å². The summed E-state index contributed by atoms with van der Waals surface area (Å²) in [5.74, 6) is -0.384. The number of anilines is 1. The van der Waals surface area contributed by atoms with E-state index in [1.165, 1.54) is 18.2 Å². The number of phenols is 2. The van der Waals surface area contributed by atoms with Crippen LogP contribution >= 0.6 is 0 Å². The van der Waals surface area contributed by atoms with Gasteiger partial charge in [0.05, 0.1) is 0 Å². The van der Waals surface area contributed by atoms with Gasteiger partial charge in [-0.1, -0.05) is 6.07 Å². The number of benzene rings is 1. The van der Waals surface area contributed by atoms with Crippen molar-refractivity contribution in [3.8, 4) is 11.5 Å². The van der Waals surface area contributed by atoms with Gasteiger partial charge in [-0.3, -0.25) is 10.7 Å². The van der Waals surface area contributed by atoms with Gasteiger partial charge < -0.3 is 10.2 Å². The second-order valence-electron chi connectivity index (χ2n) is 1.78. The Morgan fingerprint density at radius 1 is 1.10 bits per heavy atom. The molecule has 0 aliphatic heterocycles. The van der Waals surface area contributed by atoms with Crippen LogP contribution in [0.4, 0.5) is 5.69 Å². The Morgan fingerprint density at radius 2 is 1.60 bits per heavy atom. The molecular formula is C6H7NO3. The Labute approximate surface area is 57.3 Å². The van der Waals surface area contributed by atoms with Crippen molar-refractivity contribution in [3.05, 3.63) is 18.2 Å². The van der Waals surface area contributed by atoms with Crippen molar-refractivity contribution in [1.82, 2.24) is 0 Å². The normalized spacial score (nSPS) is 9.30. The van der Waals surface area contributed by atoms with Crippen molar-refractivity contribution in [2.75, 3.05) is 5.48 Å². The van der Waals surface area contributed by atoms with E-state index in [9.17, 15) is 0 Å². The molecule has 0 unspecified atom stereocenters. The van der Waals surface area contributed by atoms with E-state index in [4.69, 9.17) is 15.4 Å². The minimum Gasteiger partial charge on any atom is -0.506 e. The van der Waals surface area contributed by atoms with Crippen molar-refractivity contribution in [3.63, 3.8) is 0 Å². The maximum Gasteiger partial charge on any atom is 0.144 e. The van der Waals surface area contributed by atoms with Crippen LogP contribution in [0.15, 0.2) is 18.2 Å². The number of para-hydroxylation sites is 1. The molecule has 0 fully saturated rings. The van der Waals surface area contributed by atoms with E-state index in [1.807, 2.05) is 0 Å². The number of phenolic OH excluding ortho intramolecular Hbond substituents is 2. The van der Waals surface area contributed by atoms with Gasteiger partial charge in [-0.05, 0) is 12.1 Å². The number of hydrogen-bond acceptors (Lipinski definition) is 4. The van der Waals surface area contributed by atoms with Crippen molar-refractivity contribution < 1.29 is 15.4 Å². The van der Waals surface area contributed by atoms with E-state index in [1.54, 1.807) is 5.48 Å². The molecule has 0 heterocycles. The average Bonchev–Trinajstić information content (AvgIpc) is 1.88. The molecule has 0 aliphatic carbocycles. The zero-order valence-corrected chi connectivity index (χ0v) is 5.07. The number of nitrogens with one attached hydrogen (secondary N) is 1. The fraction of sp³-hybridized carbons (Fsp3) is 0. The Morgan fingerprint density at radius 3 is 1.90 bits per heavy atom. The summed E-state index contributed by atoms with van der Waals surface area (Å²) in [4.78, 5) is 0. The third-order valence-electron chi connectivity index (χ3n) is 1.13. The SMILES string of the molecule is ONc1c(O)cccc1O. The van der Waals surface area contributed by atoms with Gasteiger partial charge in [0.15, 0.2) is 0 Å². The molecule has 0 aromatic heterocycles. The van der Waals surface area contributed by atoms with E-state index >= 15 is 0 Å². The summed E-state index contributed by atoms with van der Waals surface area (Å²) < 4.78 is 0. The molecule has 0 aliphatic rings. The highest BCUT2D eigenvalue weighted by Gasteiger charge is 2.02. The maximum absolute atomic E-state index is 8.91. The summed E-state index contributed by atoms with van der Waals surface area (Å²) in [6, 6.07) is 4.15. The van der Waals surface area contributed by atoms with Gasteiger partial charge in [0.2, 0.25) is 0 Å². The highest BCUT2D eigenvalue weighted by Crippen LogP contribution is 2.31. The van der Waals surface area contributed by atoms with Crippen LogP contribution in [0.2, 0.25) is 0 Å². The van der Waals surface area contributed by atoms with Gasteiger partial charge in [-0.15, -0.1) is 0 Å². The lowest BCUT2D eigenvalue weighted by Crippen LogP contribution is -1.89. The van der Waals surface area contributed by atoms with E-state index in [-0.39, 0.29) is 17.2 Å². The van der Waals surface area contributed by atoms with Crippen LogP contribution in [0.5, 0.6) is 11.5 Å². The lowest BCUT2D eigenvalue weighted by Gasteiger charge is -2.02. The van der Waals surface area contributed by atoms with Crippen LogP contribution in [-0.4, -0.2) is 15.4 Å². The molecule has 54 valence electrons.